The minimum absolute atomic E-state index is 0.0831. The first-order valence-corrected chi connectivity index (χ1v) is 10.0. The summed E-state index contributed by atoms with van der Waals surface area (Å²) in [6.45, 7) is 6.01. The van der Waals surface area contributed by atoms with E-state index in [-0.39, 0.29) is 17.6 Å². The summed E-state index contributed by atoms with van der Waals surface area (Å²) in [5.74, 6) is 1.52. The van der Waals surface area contributed by atoms with Crippen LogP contribution < -0.4 is 15.8 Å². The van der Waals surface area contributed by atoms with E-state index in [1.807, 2.05) is 62.4 Å². The van der Waals surface area contributed by atoms with Crippen molar-refractivity contribution in [2.75, 3.05) is 11.1 Å². The van der Waals surface area contributed by atoms with Crippen molar-refractivity contribution in [3.05, 3.63) is 59.7 Å². The van der Waals surface area contributed by atoms with Crippen LogP contribution in [0.1, 0.15) is 43.1 Å². The lowest BCUT2D eigenvalue weighted by molar-refractivity contribution is 0.102. The van der Waals surface area contributed by atoms with Gasteiger partial charge in [-0.2, -0.15) is 0 Å². The van der Waals surface area contributed by atoms with Crippen molar-refractivity contribution < 1.29 is 9.53 Å². The van der Waals surface area contributed by atoms with Gasteiger partial charge in [0, 0.05) is 23.1 Å². The van der Waals surface area contributed by atoms with Gasteiger partial charge in [-0.25, -0.2) is 0 Å². The maximum Gasteiger partial charge on any atom is 0.255 e. The Kier molecular flexibility index (Phi) is 5.75. The standard InChI is InChI=1S/C21H25N3O2S/c1-14(2)26-18-6-4-5-17(13-18)23-19(25)15-7-9-16(10-8-15)21(3)11-12-27-20(22)24-21/h4-10,13-14H,11-12H2,1-3H3,(H2,22,24)(H,23,25). The van der Waals surface area contributed by atoms with Gasteiger partial charge in [-0.3, -0.25) is 9.79 Å². The highest BCUT2D eigenvalue weighted by Gasteiger charge is 2.29. The van der Waals surface area contributed by atoms with Crippen LogP contribution in [-0.2, 0) is 5.54 Å². The Bertz CT molecular complexity index is 849. The molecule has 0 spiro atoms. The van der Waals surface area contributed by atoms with E-state index in [0.29, 0.717) is 16.4 Å². The zero-order chi connectivity index (χ0) is 19.4. The normalized spacial score (nSPS) is 19.5. The second kappa shape index (κ2) is 8.05. The first-order valence-electron chi connectivity index (χ1n) is 9.02. The van der Waals surface area contributed by atoms with E-state index in [9.17, 15) is 4.79 Å². The first-order chi connectivity index (χ1) is 12.9. The number of carbonyl (C=O) groups excluding carboxylic acids is 1. The minimum Gasteiger partial charge on any atom is -0.491 e. The number of thioether (sulfide) groups is 1. The molecule has 1 amide bonds. The fourth-order valence-electron chi connectivity index (χ4n) is 3.00. The summed E-state index contributed by atoms with van der Waals surface area (Å²) in [5, 5.41) is 3.54. The van der Waals surface area contributed by atoms with Crippen LogP contribution in [0.5, 0.6) is 5.75 Å². The second-order valence-corrected chi connectivity index (χ2v) is 8.16. The van der Waals surface area contributed by atoms with Gasteiger partial charge in [0.2, 0.25) is 0 Å². The number of amidine groups is 1. The molecule has 1 unspecified atom stereocenters. The van der Waals surface area contributed by atoms with Crippen LogP contribution in [0.3, 0.4) is 0 Å². The molecule has 2 aromatic carbocycles. The molecule has 3 N–H and O–H groups in total. The highest BCUT2D eigenvalue weighted by Crippen LogP contribution is 2.35. The third kappa shape index (κ3) is 4.83. The number of aliphatic imine (C=N–C) groups is 1. The Balaban J connectivity index is 1.72. The molecule has 0 saturated carbocycles. The summed E-state index contributed by atoms with van der Waals surface area (Å²) in [5.41, 5.74) is 7.93. The first kappa shape index (κ1) is 19.3. The van der Waals surface area contributed by atoms with Crippen molar-refractivity contribution in [1.29, 1.82) is 0 Å². The molecule has 0 saturated heterocycles. The van der Waals surface area contributed by atoms with Gasteiger partial charge in [-0.15, -0.1) is 0 Å². The van der Waals surface area contributed by atoms with Gasteiger partial charge in [0.25, 0.3) is 5.91 Å². The van der Waals surface area contributed by atoms with Crippen molar-refractivity contribution in [3.63, 3.8) is 0 Å². The number of amides is 1. The van der Waals surface area contributed by atoms with E-state index in [0.717, 1.165) is 23.5 Å². The van der Waals surface area contributed by atoms with Crippen LogP contribution in [0, 0.1) is 0 Å². The number of carbonyl (C=O) groups is 1. The number of nitrogens with zero attached hydrogens (tertiary/aromatic N) is 1. The van der Waals surface area contributed by atoms with E-state index in [4.69, 9.17) is 10.5 Å². The van der Waals surface area contributed by atoms with E-state index in [1.54, 1.807) is 11.8 Å². The Morgan fingerprint density at radius 2 is 2.00 bits per heavy atom. The molecule has 1 aliphatic rings. The number of anilines is 1. The number of hydrogen-bond acceptors (Lipinski definition) is 5. The molecule has 2 aromatic rings. The van der Waals surface area contributed by atoms with Gasteiger partial charge in [-0.05, 0) is 57.0 Å². The number of ether oxygens (including phenoxy) is 1. The molecule has 0 bridgehead atoms. The van der Waals surface area contributed by atoms with Gasteiger partial charge < -0.3 is 15.8 Å². The van der Waals surface area contributed by atoms with E-state index in [2.05, 4.69) is 17.2 Å². The van der Waals surface area contributed by atoms with Crippen LogP contribution >= 0.6 is 11.8 Å². The van der Waals surface area contributed by atoms with Gasteiger partial charge in [0.1, 0.15) is 5.75 Å². The highest BCUT2D eigenvalue weighted by atomic mass is 32.2. The van der Waals surface area contributed by atoms with Crippen LogP contribution in [0.15, 0.2) is 53.5 Å². The topological polar surface area (TPSA) is 76.7 Å². The average Bonchev–Trinajstić information content (AvgIpc) is 2.61. The monoisotopic (exact) mass is 383 g/mol. The van der Waals surface area contributed by atoms with Crippen LogP contribution in [0.4, 0.5) is 5.69 Å². The second-order valence-electron chi connectivity index (χ2n) is 7.05. The number of rotatable bonds is 5. The van der Waals surface area contributed by atoms with Crippen molar-refractivity contribution >= 4 is 28.5 Å². The van der Waals surface area contributed by atoms with Gasteiger partial charge in [-0.1, -0.05) is 30.0 Å². The van der Waals surface area contributed by atoms with Crippen molar-refractivity contribution in [3.8, 4) is 5.75 Å². The van der Waals surface area contributed by atoms with Gasteiger partial charge >= 0.3 is 0 Å². The lowest BCUT2D eigenvalue weighted by Gasteiger charge is -2.29. The quantitative estimate of drug-likeness (QED) is 0.803. The summed E-state index contributed by atoms with van der Waals surface area (Å²) < 4.78 is 5.67. The van der Waals surface area contributed by atoms with Gasteiger partial charge in [0.15, 0.2) is 5.17 Å². The lowest BCUT2D eigenvalue weighted by atomic mass is 9.89. The maximum absolute atomic E-state index is 12.6. The number of nitrogens with one attached hydrogen (secondary N) is 1. The minimum atomic E-state index is -0.327. The molecule has 5 nitrogen and oxygen atoms in total. The number of hydrogen-bond donors (Lipinski definition) is 2. The smallest absolute Gasteiger partial charge is 0.255 e. The fraction of sp³-hybridized carbons (Fsp3) is 0.333. The molecule has 0 aromatic heterocycles. The van der Waals surface area contributed by atoms with Crippen molar-refractivity contribution in [2.45, 2.75) is 38.8 Å². The largest absolute Gasteiger partial charge is 0.491 e. The summed E-state index contributed by atoms with van der Waals surface area (Å²) in [6.07, 6.45) is 1.01. The highest BCUT2D eigenvalue weighted by molar-refractivity contribution is 8.13. The predicted octanol–water partition coefficient (Wildman–Crippen LogP) is 4.39. The van der Waals surface area contributed by atoms with Gasteiger partial charge in [0.05, 0.1) is 11.6 Å². The molecule has 27 heavy (non-hydrogen) atoms. The molecule has 0 radical (unpaired) electrons. The molecular weight excluding hydrogens is 358 g/mol. The molecule has 1 heterocycles. The number of benzene rings is 2. The molecule has 1 atom stereocenters. The summed E-state index contributed by atoms with van der Waals surface area (Å²) in [4.78, 5) is 17.2. The summed E-state index contributed by atoms with van der Waals surface area (Å²) in [6, 6.07) is 15.0. The molecule has 0 fully saturated rings. The lowest BCUT2D eigenvalue weighted by Crippen LogP contribution is -2.28. The zero-order valence-corrected chi connectivity index (χ0v) is 16.7. The Morgan fingerprint density at radius 1 is 1.26 bits per heavy atom. The SMILES string of the molecule is CC(C)Oc1cccc(NC(=O)c2ccc(C3(C)CCSC(N)=N3)cc2)c1. The third-order valence-corrected chi connectivity index (χ3v) is 5.22. The Hall–Kier alpha value is -2.47. The summed E-state index contributed by atoms with van der Waals surface area (Å²) in [7, 11) is 0. The van der Waals surface area contributed by atoms with E-state index < -0.39 is 0 Å². The van der Waals surface area contributed by atoms with Crippen LogP contribution in [0.25, 0.3) is 0 Å². The van der Waals surface area contributed by atoms with Crippen molar-refractivity contribution in [1.82, 2.24) is 0 Å². The number of nitrogens with two attached hydrogens (primary N) is 1. The molecule has 142 valence electrons. The average molecular weight is 384 g/mol. The zero-order valence-electron chi connectivity index (χ0n) is 15.9. The van der Waals surface area contributed by atoms with E-state index in [1.165, 1.54) is 0 Å². The van der Waals surface area contributed by atoms with E-state index >= 15 is 0 Å². The Morgan fingerprint density at radius 3 is 2.67 bits per heavy atom. The van der Waals surface area contributed by atoms with Crippen molar-refractivity contribution in [2.24, 2.45) is 10.7 Å². The van der Waals surface area contributed by atoms with Crippen LogP contribution in [-0.4, -0.2) is 22.9 Å². The molecule has 0 aliphatic carbocycles. The third-order valence-electron chi connectivity index (χ3n) is 4.43. The fourth-order valence-corrected chi connectivity index (χ4v) is 3.97. The molecule has 1 aliphatic heterocycles. The Labute approximate surface area is 164 Å². The molecular formula is C21H25N3O2S. The maximum atomic E-state index is 12.6. The molecule has 6 heteroatoms. The molecule has 3 rings (SSSR count). The summed E-state index contributed by atoms with van der Waals surface area (Å²) >= 11 is 1.58. The predicted molar refractivity (Wildman–Crippen MR) is 113 cm³/mol. The van der Waals surface area contributed by atoms with Crippen LogP contribution in [0.2, 0.25) is 0 Å².